The van der Waals surface area contributed by atoms with E-state index in [-0.39, 0.29) is 12.2 Å². The van der Waals surface area contributed by atoms with Gasteiger partial charge in [0.15, 0.2) is 5.78 Å². The number of carbonyl (C=O) groups excluding carboxylic acids is 1. The molecule has 0 spiro atoms. The first-order valence-electron chi connectivity index (χ1n) is 7.74. The van der Waals surface area contributed by atoms with E-state index >= 15 is 0 Å². The molecule has 1 saturated heterocycles. The third kappa shape index (κ3) is 5.45. The van der Waals surface area contributed by atoms with E-state index in [1.54, 1.807) is 0 Å². The van der Waals surface area contributed by atoms with Gasteiger partial charge in [0.05, 0.1) is 36.8 Å². The summed E-state index contributed by atoms with van der Waals surface area (Å²) in [4.78, 5) is 11.6. The van der Waals surface area contributed by atoms with Crippen molar-refractivity contribution in [2.24, 2.45) is 5.92 Å². The van der Waals surface area contributed by atoms with Crippen LogP contribution in [0, 0.1) is 5.92 Å². The SMILES string of the molecule is CCS(=O)(=O)OC[C@@H](O)CC1OC(O)(C(C)=O)CC(O)C1C(C)O. The Morgan fingerprint density at radius 2 is 2.00 bits per heavy atom. The van der Waals surface area contributed by atoms with Crippen molar-refractivity contribution >= 4 is 15.9 Å². The molecule has 9 nitrogen and oxygen atoms in total. The van der Waals surface area contributed by atoms with Gasteiger partial charge in [-0.25, -0.2) is 0 Å². The van der Waals surface area contributed by atoms with Crippen LogP contribution in [0.15, 0.2) is 0 Å². The van der Waals surface area contributed by atoms with Crippen LogP contribution in [0.5, 0.6) is 0 Å². The Hall–Kier alpha value is -0.620. The first-order chi connectivity index (χ1) is 10.9. The number of ether oxygens (including phenoxy) is 1. The maximum absolute atomic E-state index is 11.6. The molecule has 142 valence electrons. The fraction of sp³-hybridized carbons (Fsp3) is 0.929. The molecule has 1 fully saturated rings. The van der Waals surface area contributed by atoms with E-state index in [9.17, 15) is 33.6 Å². The number of aliphatic hydroxyl groups is 4. The second-order valence-electron chi connectivity index (χ2n) is 6.11. The largest absolute Gasteiger partial charge is 0.393 e. The van der Waals surface area contributed by atoms with Crippen molar-refractivity contribution in [1.82, 2.24) is 0 Å². The minimum absolute atomic E-state index is 0.235. The number of Topliss-reactive ketones (excluding diaryl/α,β-unsaturated/α-hetero) is 1. The smallest absolute Gasteiger partial charge is 0.267 e. The minimum atomic E-state index is -3.74. The van der Waals surface area contributed by atoms with Crippen molar-refractivity contribution < 1.29 is 42.6 Å². The Morgan fingerprint density at radius 3 is 2.46 bits per heavy atom. The summed E-state index contributed by atoms with van der Waals surface area (Å²) in [7, 11) is -3.74. The van der Waals surface area contributed by atoms with Gasteiger partial charge in [-0.2, -0.15) is 8.42 Å². The number of aliphatic hydroxyl groups excluding tert-OH is 3. The van der Waals surface area contributed by atoms with Gasteiger partial charge in [0.25, 0.3) is 10.1 Å². The highest BCUT2D eigenvalue weighted by Crippen LogP contribution is 2.36. The molecule has 1 rings (SSSR count). The van der Waals surface area contributed by atoms with Gasteiger partial charge in [-0.05, 0) is 13.8 Å². The average Bonchev–Trinajstić information content (AvgIpc) is 2.44. The van der Waals surface area contributed by atoms with Crippen LogP contribution in [0.3, 0.4) is 0 Å². The first kappa shape index (κ1) is 21.4. The quantitative estimate of drug-likeness (QED) is 0.375. The van der Waals surface area contributed by atoms with Crippen LogP contribution in [0.1, 0.15) is 33.6 Å². The molecule has 24 heavy (non-hydrogen) atoms. The molecule has 1 aliphatic rings. The summed E-state index contributed by atoms with van der Waals surface area (Å²) in [6.45, 7) is 3.36. The molecule has 4 N–H and O–H groups in total. The Labute approximate surface area is 141 Å². The van der Waals surface area contributed by atoms with Crippen LogP contribution in [0.25, 0.3) is 0 Å². The van der Waals surface area contributed by atoms with Crippen LogP contribution in [0.4, 0.5) is 0 Å². The van der Waals surface area contributed by atoms with E-state index in [1.807, 2.05) is 0 Å². The van der Waals surface area contributed by atoms with Gasteiger partial charge >= 0.3 is 0 Å². The van der Waals surface area contributed by atoms with Crippen LogP contribution >= 0.6 is 0 Å². The molecule has 0 aromatic rings. The van der Waals surface area contributed by atoms with E-state index in [0.29, 0.717) is 0 Å². The summed E-state index contributed by atoms with van der Waals surface area (Å²) in [5.74, 6) is -4.04. The minimum Gasteiger partial charge on any atom is -0.393 e. The van der Waals surface area contributed by atoms with Crippen molar-refractivity contribution in [1.29, 1.82) is 0 Å². The monoisotopic (exact) mass is 370 g/mol. The van der Waals surface area contributed by atoms with Gasteiger partial charge in [0.1, 0.15) is 0 Å². The highest BCUT2D eigenvalue weighted by molar-refractivity contribution is 7.86. The van der Waals surface area contributed by atoms with Crippen molar-refractivity contribution in [3.63, 3.8) is 0 Å². The lowest BCUT2D eigenvalue weighted by molar-refractivity contribution is -0.285. The highest BCUT2D eigenvalue weighted by Gasteiger charge is 2.50. The molecule has 0 radical (unpaired) electrons. The summed E-state index contributed by atoms with van der Waals surface area (Å²) in [6, 6.07) is 0. The van der Waals surface area contributed by atoms with Gasteiger partial charge in [0.2, 0.25) is 5.79 Å². The lowest BCUT2D eigenvalue weighted by Gasteiger charge is -2.44. The van der Waals surface area contributed by atoms with E-state index in [0.717, 1.165) is 6.92 Å². The zero-order chi connectivity index (χ0) is 18.7. The summed E-state index contributed by atoms with van der Waals surface area (Å²) in [6.07, 6.45) is -5.25. The maximum atomic E-state index is 11.6. The molecule has 0 amide bonds. The average molecular weight is 370 g/mol. The molecular formula is C14H26O9S. The Bertz CT molecular complexity index is 532. The van der Waals surface area contributed by atoms with E-state index in [1.165, 1.54) is 13.8 Å². The lowest BCUT2D eigenvalue weighted by atomic mass is 9.81. The number of carbonyl (C=O) groups is 1. The topological polar surface area (TPSA) is 151 Å². The van der Waals surface area contributed by atoms with Crippen molar-refractivity contribution in [3.8, 4) is 0 Å². The lowest BCUT2D eigenvalue weighted by Crippen LogP contribution is -2.58. The highest BCUT2D eigenvalue weighted by atomic mass is 32.2. The normalized spacial score (nSPS) is 33.9. The third-order valence-corrected chi connectivity index (χ3v) is 5.31. The van der Waals surface area contributed by atoms with Crippen LogP contribution in [-0.4, -0.2) is 77.2 Å². The number of rotatable bonds is 8. The molecule has 0 bridgehead atoms. The standard InChI is InChI=1S/C14H26O9S/c1-4-24(20,21)22-7-10(17)5-12-13(8(2)15)11(18)6-14(19,23-12)9(3)16/h8,10-13,15,17-19H,4-7H2,1-3H3/t8?,10-,11?,12?,13?,14?/m0/s1. The van der Waals surface area contributed by atoms with Gasteiger partial charge < -0.3 is 25.2 Å². The van der Waals surface area contributed by atoms with Crippen molar-refractivity contribution in [2.75, 3.05) is 12.4 Å². The predicted molar refractivity (Wildman–Crippen MR) is 82.3 cm³/mol. The summed E-state index contributed by atoms with van der Waals surface area (Å²) in [5.41, 5.74) is 0. The summed E-state index contributed by atoms with van der Waals surface area (Å²) in [5, 5.41) is 40.1. The molecule has 0 aromatic heterocycles. The zero-order valence-corrected chi connectivity index (χ0v) is 14.8. The van der Waals surface area contributed by atoms with Gasteiger partial charge in [-0.1, -0.05) is 0 Å². The fourth-order valence-corrected chi connectivity index (χ4v) is 3.24. The molecular weight excluding hydrogens is 344 g/mol. The number of hydrogen-bond donors (Lipinski definition) is 4. The van der Waals surface area contributed by atoms with Crippen LogP contribution in [0.2, 0.25) is 0 Å². The molecule has 0 aromatic carbocycles. The van der Waals surface area contributed by atoms with Crippen molar-refractivity contribution in [3.05, 3.63) is 0 Å². The molecule has 5 unspecified atom stereocenters. The predicted octanol–water partition coefficient (Wildman–Crippen LogP) is -1.47. The molecule has 6 atom stereocenters. The van der Waals surface area contributed by atoms with E-state index in [2.05, 4.69) is 4.18 Å². The van der Waals surface area contributed by atoms with Crippen LogP contribution in [-0.2, 0) is 23.8 Å². The summed E-state index contributed by atoms with van der Waals surface area (Å²) < 4.78 is 32.5. The second kappa shape index (κ2) is 8.17. The van der Waals surface area contributed by atoms with Gasteiger partial charge in [0, 0.05) is 25.7 Å². The third-order valence-electron chi connectivity index (χ3n) is 4.11. The second-order valence-corrected chi connectivity index (χ2v) is 8.04. The Morgan fingerprint density at radius 1 is 1.42 bits per heavy atom. The van der Waals surface area contributed by atoms with Crippen LogP contribution < -0.4 is 0 Å². The molecule has 10 heteroatoms. The Balaban J connectivity index is 2.84. The van der Waals surface area contributed by atoms with Crippen molar-refractivity contribution in [2.45, 2.75) is 63.8 Å². The van der Waals surface area contributed by atoms with Gasteiger partial charge in [-0.15, -0.1) is 0 Å². The zero-order valence-electron chi connectivity index (χ0n) is 14.0. The molecule has 1 aliphatic heterocycles. The summed E-state index contributed by atoms with van der Waals surface area (Å²) >= 11 is 0. The van der Waals surface area contributed by atoms with E-state index < -0.39 is 65.0 Å². The maximum Gasteiger partial charge on any atom is 0.267 e. The van der Waals surface area contributed by atoms with E-state index in [4.69, 9.17) is 4.74 Å². The first-order valence-corrected chi connectivity index (χ1v) is 9.32. The van der Waals surface area contributed by atoms with Gasteiger partial charge in [-0.3, -0.25) is 8.98 Å². The fourth-order valence-electron chi connectivity index (χ4n) is 2.71. The number of ketones is 1. The molecule has 0 aliphatic carbocycles. The molecule has 0 saturated carbocycles. The molecule has 1 heterocycles. The number of hydrogen-bond acceptors (Lipinski definition) is 9. The Kier molecular flexibility index (Phi) is 7.29.